The number of rotatable bonds is 5. The third-order valence-electron chi connectivity index (χ3n) is 2.52. The SMILES string of the molecule is O=C(Cn1nnc(-c2ccco2)n1)NCc1cn[nH]c1. The molecule has 0 atom stereocenters. The number of furan rings is 1. The Kier molecular flexibility index (Phi) is 3.23. The largest absolute Gasteiger partial charge is 0.461 e. The molecule has 3 aromatic heterocycles. The highest BCUT2D eigenvalue weighted by Gasteiger charge is 2.10. The summed E-state index contributed by atoms with van der Waals surface area (Å²) in [7, 11) is 0. The molecule has 0 unspecified atom stereocenters. The van der Waals surface area contributed by atoms with E-state index in [1.807, 2.05) is 0 Å². The summed E-state index contributed by atoms with van der Waals surface area (Å²) < 4.78 is 5.15. The highest BCUT2D eigenvalue weighted by atomic mass is 16.3. The van der Waals surface area contributed by atoms with Crippen molar-refractivity contribution in [1.29, 1.82) is 0 Å². The van der Waals surface area contributed by atoms with Crippen LogP contribution in [-0.4, -0.2) is 36.3 Å². The number of hydrogen-bond donors (Lipinski definition) is 2. The topological polar surface area (TPSA) is 115 Å². The number of carbonyl (C=O) groups excluding carboxylic acids is 1. The zero-order chi connectivity index (χ0) is 13.8. The van der Waals surface area contributed by atoms with E-state index >= 15 is 0 Å². The molecule has 3 aromatic rings. The molecule has 0 aliphatic heterocycles. The molecule has 102 valence electrons. The molecule has 0 aromatic carbocycles. The van der Waals surface area contributed by atoms with Crippen molar-refractivity contribution < 1.29 is 9.21 Å². The number of aromatic amines is 1. The molecule has 0 radical (unpaired) electrons. The molecule has 0 spiro atoms. The summed E-state index contributed by atoms with van der Waals surface area (Å²) >= 11 is 0. The number of hydrogen-bond acceptors (Lipinski definition) is 6. The highest BCUT2D eigenvalue weighted by molar-refractivity contribution is 5.75. The Bertz CT molecular complexity index is 672. The van der Waals surface area contributed by atoms with Gasteiger partial charge in [-0.05, 0) is 17.3 Å². The minimum absolute atomic E-state index is 0.00837. The minimum Gasteiger partial charge on any atom is -0.461 e. The summed E-state index contributed by atoms with van der Waals surface area (Å²) in [6, 6.07) is 3.45. The predicted molar refractivity (Wildman–Crippen MR) is 66.0 cm³/mol. The van der Waals surface area contributed by atoms with E-state index in [1.54, 1.807) is 24.5 Å². The van der Waals surface area contributed by atoms with Gasteiger partial charge in [0.2, 0.25) is 11.7 Å². The highest BCUT2D eigenvalue weighted by Crippen LogP contribution is 2.12. The number of H-pyrrole nitrogens is 1. The van der Waals surface area contributed by atoms with Gasteiger partial charge in [-0.25, -0.2) is 0 Å². The monoisotopic (exact) mass is 273 g/mol. The molecular weight excluding hydrogens is 262 g/mol. The number of tetrazole rings is 1. The first-order valence-electron chi connectivity index (χ1n) is 5.87. The van der Waals surface area contributed by atoms with Crippen molar-refractivity contribution in [1.82, 2.24) is 35.7 Å². The van der Waals surface area contributed by atoms with Gasteiger partial charge in [0.05, 0.1) is 12.5 Å². The summed E-state index contributed by atoms with van der Waals surface area (Å²) in [6.45, 7) is 0.390. The summed E-state index contributed by atoms with van der Waals surface area (Å²) in [5.41, 5.74) is 0.890. The van der Waals surface area contributed by atoms with Crippen molar-refractivity contribution in [2.75, 3.05) is 0 Å². The lowest BCUT2D eigenvalue weighted by molar-refractivity contribution is -0.122. The van der Waals surface area contributed by atoms with Gasteiger partial charge in [0.1, 0.15) is 6.54 Å². The molecule has 9 nitrogen and oxygen atoms in total. The van der Waals surface area contributed by atoms with Gasteiger partial charge in [0.15, 0.2) is 5.76 Å². The molecule has 20 heavy (non-hydrogen) atoms. The number of aromatic nitrogens is 6. The maximum absolute atomic E-state index is 11.7. The van der Waals surface area contributed by atoms with Crippen LogP contribution >= 0.6 is 0 Å². The second-order valence-corrected chi connectivity index (χ2v) is 4.00. The first-order chi connectivity index (χ1) is 9.81. The van der Waals surface area contributed by atoms with Gasteiger partial charge in [0.25, 0.3) is 0 Å². The predicted octanol–water partition coefficient (Wildman–Crippen LogP) is -0.0274. The van der Waals surface area contributed by atoms with Crippen molar-refractivity contribution in [3.63, 3.8) is 0 Å². The zero-order valence-electron chi connectivity index (χ0n) is 10.4. The molecule has 0 saturated carbocycles. The smallest absolute Gasteiger partial charge is 0.243 e. The summed E-state index contributed by atoms with van der Waals surface area (Å²) in [5.74, 6) is 0.641. The molecule has 0 aliphatic carbocycles. The van der Waals surface area contributed by atoms with Crippen LogP contribution in [0.15, 0.2) is 35.2 Å². The third-order valence-corrected chi connectivity index (χ3v) is 2.52. The van der Waals surface area contributed by atoms with Crippen molar-refractivity contribution in [3.05, 3.63) is 36.4 Å². The fourth-order valence-electron chi connectivity index (χ4n) is 1.57. The van der Waals surface area contributed by atoms with Crippen LogP contribution in [0.25, 0.3) is 11.6 Å². The third kappa shape index (κ3) is 2.71. The Labute approximate surface area is 113 Å². The van der Waals surface area contributed by atoms with Crippen molar-refractivity contribution in [2.24, 2.45) is 0 Å². The lowest BCUT2D eigenvalue weighted by atomic mass is 10.3. The maximum Gasteiger partial charge on any atom is 0.243 e. The Hall–Kier alpha value is -2.97. The van der Waals surface area contributed by atoms with E-state index in [-0.39, 0.29) is 12.5 Å². The van der Waals surface area contributed by atoms with Crippen LogP contribution in [0, 0.1) is 0 Å². The van der Waals surface area contributed by atoms with Crippen LogP contribution in [-0.2, 0) is 17.9 Å². The molecule has 9 heteroatoms. The normalized spacial score (nSPS) is 10.6. The second-order valence-electron chi connectivity index (χ2n) is 4.00. The van der Waals surface area contributed by atoms with Gasteiger partial charge in [-0.2, -0.15) is 9.90 Å². The number of nitrogens with one attached hydrogen (secondary N) is 2. The Morgan fingerprint density at radius 3 is 3.20 bits per heavy atom. The van der Waals surface area contributed by atoms with Gasteiger partial charge in [-0.1, -0.05) is 0 Å². The minimum atomic E-state index is -0.213. The van der Waals surface area contributed by atoms with Gasteiger partial charge < -0.3 is 9.73 Å². The Morgan fingerprint density at radius 2 is 2.45 bits per heavy atom. The standard InChI is InChI=1S/C11H11N7O2/c19-10(12-4-8-5-13-14-6-8)7-18-16-11(15-17-18)9-2-1-3-20-9/h1-3,5-6H,4,7H2,(H,12,19)(H,13,14). The first-order valence-corrected chi connectivity index (χ1v) is 5.87. The van der Waals surface area contributed by atoms with E-state index in [4.69, 9.17) is 4.42 Å². The molecule has 0 aliphatic rings. The fraction of sp³-hybridized carbons (Fsp3) is 0.182. The first kappa shape index (κ1) is 12.1. The number of carbonyl (C=O) groups is 1. The Balaban J connectivity index is 1.56. The van der Waals surface area contributed by atoms with Crippen molar-refractivity contribution >= 4 is 5.91 Å². The average Bonchev–Trinajstić information content (AvgIpc) is 3.18. The lowest BCUT2D eigenvalue weighted by Gasteiger charge is -2.01. The molecule has 1 amide bonds. The van der Waals surface area contributed by atoms with E-state index < -0.39 is 0 Å². The van der Waals surface area contributed by atoms with E-state index in [0.717, 1.165) is 5.56 Å². The van der Waals surface area contributed by atoms with Crippen molar-refractivity contribution in [2.45, 2.75) is 13.1 Å². The second kappa shape index (κ2) is 5.34. The number of amides is 1. The van der Waals surface area contributed by atoms with Crippen LogP contribution in [0.3, 0.4) is 0 Å². The molecular formula is C11H11N7O2. The Morgan fingerprint density at radius 1 is 1.50 bits per heavy atom. The van der Waals surface area contributed by atoms with E-state index in [1.165, 1.54) is 11.1 Å². The van der Waals surface area contributed by atoms with E-state index in [2.05, 4.69) is 30.9 Å². The molecule has 0 fully saturated rings. The van der Waals surface area contributed by atoms with Crippen molar-refractivity contribution in [3.8, 4) is 11.6 Å². The molecule has 3 rings (SSSR count). The molecule has 0 saturated heterocycles. The van der Waals surface area contributed by atoms with Gasteiger partial charge in [0, 0.05) is 18.3 Å². The summed E-state index contributed by atoms with van der Waals surface area (Å²) in [6.07, 6.45) is 4.87. The zero-order valence-corrected chi connectivity index (χ0v) is 10.4. The van der Waals surface area contributed by atoms with Crippen LogP contribution in [0.2, 0.25) is 0 Å². The fourth-order valence-corrected chi connectivity index (χ4v) is 1.57. The lowest BCUT2D eigenvalue weighted by Crippen LogP contribution is -2.27. The van der Waals surface area contributed by atoms with Crippen LogP contribution in [0.4, 0.5) is 0 Å². The van der Waals surface area contributed by atoms with Gasteiger partial charge in [-0.3, -0.25) is 9.89 Å². The average molecular weight is 273 g/mol. The quantitative estimate of drug-likeness (QED) is 0.674. The summed E-state index contributed by atoms with van der Waals surface area (Å²) in [5, 5.41) is 20.9. The number of nitrogens with zero attached hydrogens (tertiary/aromatic N) is 5. The van der Waals surface area contributed by atoms with Crippen LogP contribution < -0.4 is 5.32 Å². The van der Waals surface area contributed by atoms with Crippen LogP contribution in [0.1, 0.15) is 5.56 Å². The van der Waals surface area contributed by atoms with Crippen LogP contribution in [0.5, 0.6) is 0 Å². The summed E-state index contributed by atoms with van der Waals surface area (Å²) in [4.78, 5) is 12.9. The van der Waals surface area contributed by atoms with E-state index in [0.29, 0.717) is 18.1 Å². The van der Waals surface area contributed by atoms with Gasteiger partial charge >= 0.3 is 0 Å². The molecule has 2 N–H and O–H groups in total. The van der Waals surface area contributed by atoms with Gasteiger partial charge in [-0.15, -0.1) is 10.2 Å². The molecule has 3 heterocycles. The maximum atomic E-state index is 11.7. The van der Waals surface area contributed by atoms with E-state index in [9.17, 15) is 4.79 Å². The molecule has 0 bridgehead atoms.